The molecule has 0 atom stereocenters. The lowest BCUT2D eigenvalue weighted by atomic mass is 9.89. The number of pyridine rings is 1. The Kier molecular flexibility index (Phi) is 11.3. The number of piperidine rings is 1. The van der Waals surface area contributed by atoms with Crippen molar-refractivity contribution in [2.24, 2.45) is 0 Å². The third-order valence-corrected chi connectivity index (χ3v) is 10.8. The predicted octanol–water partition coefficient (Wildman–Crippen LogP) is 6.88. The lowest BCUT2D eigenvalue weighted by Crippen LogP contribution is -2.35. The Morgan fingerprint density at radius 2 is 1.79 bits per heavy atom. The van der Waals surface area contributed by atoms with E-state index in [2.05, 4.69) is 83.3 Å². The van der Waals surface area contributed by atoms with E-state index in [1.54, 1.807) is 0 Å². The zero-order valence-corrected chi connectivity index (χ0v) is 27.5. The van der Waals surface area contributed by atoms with Gasteiger partial charge in [0.25, 0.3) is 0 Å². The highest BCUT2D eigenvalue weighted by molar-refractivity contribution is 8.55. The quantitative estimate of drug-likeness (QED) is 0.178. The van der Waals surface area contributed by atoms with Gasteiger partial charge < -0.3 is 20.3 Å². The summed E-state index contributed by atoms with van der Waals surface area (Å²) < 4.78 is 5.56. The molecule has 1 aromatic heterocycles. The number of morpholine rings is 1. The number of rotatable bonds is 11. The minimum Gasteiger partial charge on any atom is -0.394 e. The first kappa shape index (κ1) is 31.7. The van der Waals surface area contributed by atoms with Gasteiger partial charge in [-0.25, -0.2) is 4.98 Å². The van der Waals surface area contributed by atoms with Crippen molar-refractivity contribution in [3.63, 3.8) is 0 Å². The maximum absolute atomic E-state index is 12.4. The molecule has 0 saturated carbocycles. The zero-order valence-electron chi connectivity index (χ0n) is 25.8. The molecule has 0 bridgehead atoms. The predicted molar refractivity (Wildman–Crippen MR) is 183 cm³/mol. The van der Waals surface area contributed by atoms with Gasteiger partial charge >= 0.3 is 0 Å². The van der Waals surface area contributed by atoms with Crippen LogP contribution in [-0.4, -0.2) is 87.9 Å². The van der Waals surface area contributed by atoms with Crippen molar-refractivity contribution >= 4 is 42.4 Å². The van der Waals surface area contributed by atoms with Gasteiger partial charge in [-0.05, 0) is 113 Å². The number of hydrogen-bond donors (Lipinski definition) is 2. The molecular formula is C34H44N5O2PS. The van der Waals surface area contributed by atoms with Gasteiger partial charge in [-0.2, -0.15) is 0 Å². The molecule has 2 N–H and O–H groups in total. The summed E-state index contributed by atoms with van der Waals surface area (Å²) in [5.41, 5.74) is 6.88. The number of carbonyl (C=O) groups excluding carboxylic acids is 1. The lowest BCUT2D eigenvalue weighted by molar-refractivity contribution is 0.0339. The van der Waals surface area contributed by atoms with Crippen LogP contribution >= 0.6 is 18.5 Å². The van der Waals surface area contributed by atoms with E-state index in [0.29, 0.717) is 17.3 Å². The Bertz CT molecular complexity index is 1400. The number of hydrogen-bond acceptors (Lipinski definition) is 8. The summed E-state index contributed by atoms with van der Waals surface area (Å²) in [5, 5.41) is 6.53. The molecule has 0 unspecified atom stereocenters. The third-order valence-electron chi connectivity index (χ3n) is 8.14. The molecule has 2 aliphatic rings. The first-order chi connectivity index (χ1) is 20.9. The van der Waals surface area contributed by atoms with Crippen LogP contribution in [0.25, 0.3) is 17.3 Å². The first-order valence-corrected chi connectivity index (χ1v) is 18.8. The molecule has 43 heavy (non-hydrogen) atoms. The molecule has 2 saturated heterocycles. The Morgan fingerprint density at radius 1 is 1.05 bits per heavy atom. The number of aromatic nitrogens is 1. The molecule has 0 spiro atoms. The Labute approximate surface area is 262 Å². The molecule has 2 aromatic carbocycles. The van der Waals surface area contributed by atoms with Crippen LogP contribution in [0, 0.1) is 0 Å². The van der Waals surface area contributed by atoms with Crippen molar-refractivity contribution in [3.05, 3.63) is 77.0 Å². The van der Waals surface area contributed by atoms with Crippen LogP contribution in [-0.2, 0) is 11.3 Å². The highest BCUT2D eigenvalue weighted by Crippen LogP contribution is 2.49. The van der Waals surface area contributed by atoms with Gasteiger partial charge in [0.1, 0.15) is 5.82 Å². The summed E-state index contributed by atoms with van der Waals surface area (Å²) in [6.07, 6.45) is 7.05. The average molecular weight is 618 g/mol. The standard InChI is InChI=1S/C34H44N5O2PS/c1-35-14-11-27-21-32(28-5-6-29(33(22-28)43-42(3)4)23-39-17-19-41-20-18-39)37-34(31(27)24-40)36-30-9-7-25(8-10-30)26-12-15-38(2)16-13-26/h5-11,14,21-22,24,26,35H,12-13,15-20,23H2,1-4H3,(H,36,37)/b14-11-. The number of likely N-dealkylation sites (tertiary alicyclic amines) is 1. The lowest BCUT2D eigenvalue weighted by Gasteiger charge is -2.29. The summed E-state index contributed by atoms with van der Waals surface area (Å²) in [4.78, 5) is 23.6. The van der Waals surface area contributed by atoms with Crippen LogP contribution in [0.4, 0.5) is 11.5 Å². The number of ether oxygens (including phenoxy) is 1. The number of benzene rings is 2. The van der Waals surface area contributed by atoms with Crippen molar-refractivity contribution in [1.82, 2.24) is 20.1 Å². The number of aldehydes is 1. The van der Waals surface area contributed by atoms with Crippen LogP contribution < -0.4 is 10.6 Å². The second-order valence-electron chi connectivity index (χ2n) is 11.5. The molecule has 3 heterocycles. The van der Waals surface area contributed by atoms with E-state index in [1.165, 1.54) is 28.9 Å². The van der Waals surface area contributed by atoms with Crippen LogP contribution in [0.5, 0.6) is 0 Å². The van der Waals surface area contributed by atoms with E-state index in [-0.39, 0.29) is 7.12 Å². The molecule has 0 aliphatic carbocycles. The van der Waals surface area contributed by atoms with Crippen LogP contribution in [0.3, 0.4) is 0 Å². The highest BCUT2D eigenvalue weighted by atomic mass is 32.7. The van der Waals surface area contributed by atoms with Gasteiger partial charge in [0.05, 0.1) is 24.5 Å². The van der Waals surface area contributed by atoms with Crippen molar-refractivity contribution in [3.8, 4) is 11.3 Å². The topological polar surface area (TPSA) is 69.7 Å². The van der Waals surface area contributed by atoms with Gasteiger partial charge in [-0.15, -0.1) is 0 Å². The number of carbonyl (C=O) groups is 1. The normalized spacial score (nSPS) is 17.0. The second-order valence-corrected chi connectivity index (χ2v) is 16.5. The third kappa shape index (κ3) is 8.46. The molecule has 2 aliphatic heterocycles. The average Bonchev–Trinajstić information content (AvgIpc) is 3.02. The molecule has 5 rings (SSSR count). The van der Waals surface area contributed by atoms with Crippen LogP contribution in [0.2, 0.25) is 0 Å². The smallest absolute Gasteiger partial charge is 0.154 e. The van der Waals surface area contributed by atoms with Crippen LogP contribution in [0.15, 0.2) is 59.6 Å². The molecule has 7 nitrogen and oxygen atoms in total. The van der Waals surface area contributed by atoms with Crippen molar-refractivity contribution in [1.29, 1.82) is 0 Å². The molecule has 0 radical (unpaired) electrons. The van der Waals surface area contributed by atoms with Gasteiger partial charge in [0, 0.05) is 42.8 Å². The minimum absolute atomic E-state index is 0.197. The maximum atomic E-state index is 12.4. The molecule has 3 aromatic rings. The van der Waals surface area contributed by atoms with Gasteiger partial charge in [-0.3, -0.25) is 9.69 Å². The van der Waals surface area contributed by atoms with Gasteiger partial charge in [-0.1, -0.05) is 35.6 Å². The Balaban J connectivity index is 1.46. The summed E-state index contributed by atoms with van der Waals surface area (Å²) in [6, 6.07) is 17.4. The monoisotopic (exact) mass is 617 g/mol. The van der Waals surface area contributed by atoms with E-state index in [9.17, 15) is 4.79 Å². The molecular weight excluding hydrogens is 573 g/mol. The van der Waals surface area contributed by atoms with E-state index < -0.39 is 0 Å². The van der Waals surface area contributed by atoms with E-state index in [4.69, 9.17) is 9.72 Å². The van der Waals surface area contributed by atoms with Gasteiger partial charge in [0.15, 0.2) is 6.29 Å². The van der Waals surface area contributed by atoms with Crippen molar-refractivity contribution < 1.29 is 9.53 Å². The van der Waals surface area contributed by atoms with Crippen LogP contribution in [0.1, 0.15) is 45.8 Å². The largest absolute Gasteiger partial charge is 0.394 e. The van der Waals surface area contributed by atoms with Crippen molar-refractivity contribution in [2.75, 3.05) is 72.1 Å². The molecule has 9 heteroatoms. The molecule has 2 fully saturated rings. The SMILES string of the molecule is CN/C=C\c1cc(-c2ccc(CN3CCOCC3)c(SP(C)C)c2)nc(Nc2ccc(C3CCN(C)CC3)cc2)c1C=O. The highest BCUT2D eigenvalue weighted by Gasteiger charge is 2.19. The summed E-state index contributed by atoms with van der Waals surface area (Å²) >= 11 is 1.95. The second kappa shape index (κ2) is 15.3. The number of nitrogens with one attached hydrogen (secondary N) is 2. The summed E-state index contributed by atoms with van der Waals surface area (Å²) in [5.74, 6) is 1.16. The van der Waals surface area contributed by atoms with Crippen molar-refractivity contribution in [2.45, 2.75) is 30.2 Å². The van der Waals surface area contributed by atoms with E-state index >= 15 is 0 Å². The molecule has 228 valence electrons. The Hall–Kier alpha value is -2.74. The summed E-state index contributed by atoms with van der Waals surface area (Å²) in [7, 11) is 3.85. The first-order valence-electron chi connectivity index (χ1n) is 15.1. The zero-order chi connectivity index (χ0) is 30.2. The number of anilines is 2. The van der Waals surface area contributed by atoms with Gasteiger partial charge in [0.2, 0.25) is 0 Å². The molecule has 0 amide bonds. The fourth-order valence-corrected chi connectivity index (χ4v) is 8.21. The fourth-order valence-electron chi connectivity index (χ4n) is 5.70. The maximum Gasteiger partial charge on any atom is 0.154 e. The van der Waals surface area contributed by atoms with E-state index in [0.717, 1.165) is 74.7 Å². The Morgan fingerprint density at radius 3 is 2.47 bits per heavy atom. The summed E-state index contributed by atoms with van der Waals surface area (Å²) in [6.45, 7) is 11.3. The number of nitrogens with zero attached hydrogens (tertiary/aromatic N) is 3. The van der Waals surface area contributed by atoms with E-state index in [1.807, 2.05) is 36.8 Å². The minimum atomic E-state index is -0.197. The fraction of sp³-hybridized carbons (Fsp3) is 0.412.